The number of aliphatic hydroxyl groups is 2. The lowest BCUT2D eigenvalue weighted by Crippen LogP contribution is -2.17. The average molecular weight is 400 g/mol. The molecule has 27 heavy (non-hydrogen) atoms. The minimum Gasteiger partial charge on any atom is -0.364 e. The van der Waals surface area contributed by atoms with Gasteiger partial charge in [0.15, 0.2) is 12.0 Å². The van der Waals surface area contributed by atoms with E-state index in [1.54, 1.807) is 6.08 Å². The molecule has 0 radical (unpaired) electrons. The summed E-state index contributed by atoms with van der Waals surface area (Å²) in [4.78, 5) is 3.78. The number of pyridine rings is 1. The summed E-state index contributed by atoms with van der Waals surface area (Å²) >= 11 is 6.36. The van der Waals surface area contributed by atoms with E-state index in [-0.39, 0.29) is 29.1 Å². The predicted molar refractivity (Wildman–Crippen MR) is 92.6 cm³/mol. The van der Waals surface area contributed by atoms with Crippen LogP contribution in [0.3, 0.4) is 0 Å². The van der Waals surface area contributed by atoms with Crippen molar-refractivity contribution < 1.29 is 23.4 Å². The maximum atomic E-state index is 13.4. The number of halogens is 4. The molecule has 2 heterocycles. The summed E-state index contributed by atoms with van der Waals surface area (Å²) in [6.45, 7) is 0.101. The summed E-state index contributed by atoms with van der Waals surface area (Å²) in [5.74, 6) is 0.686. The van der Waals surface area contributed by atoms with E-state index in [9.17, 15) is 23.4 Å². The smallest absolute Gasteiger partial charge is 0.364 e. The van der Waals surface area contributed by atoms with Crippen LogP contribution in [0.2, 0.25) is 0 Å². The summed E-state index contributed by atoms with van der Waals surface area (Å²) in [5, 5.41) is 23.0. The molecule has 1 atom stereocenters. The minimum atomic E-state index is -4.67. The molecular weight excluding hydrogens is 383 g/mol. The van der Waals surface area contributed by atoms with Crippen LogP contribution in [0.1, 0.15) is 36.8 Å². The number of hydrogen-bond acceptors (Lipinski definition) is 4. The third kappa shape index (κ3) is 3.49. The number of aromatic nitrogens is 3. The number of rotatable bonds is 4. The van der Waals surface area contributed by atoms with Crippen LogP contribution in [-0.2, 0) is 12.7 Å². The van der Waals surface area contributed by atoms with Gasteiger partial charge in [-0.05, 0) is 48.8 Å². The van der Waals surface area contributed by atoms with Gasteiger partial charge in [-0.15, -0.1) is 0 Å². The van der Waals surface area contributed by atoms with Gasteiger partial charge in [-0.25, -0.2) is 0 Å². The van der Waals surface area contributed by atoms with Crippen LogP contribution in [0.25, 0.3) is 11.0 Å². The number of allylic oxidation sites excluding steroid dienone is 4. The first-order valence-electron chi connectivity index (χ1n) is 8.60. The number of aliphatic hydroxyl groups excluding tert-OH is 1. The molecule has 0 spiro atoms. The molecule has 1 fully saturated rings. The van der Waals surface area contributed by atoms with Crippen molar-refractivity contribution in [3.05, 3.63) is 46.3 Å². The summed E-state index contributed by atoms with van der Waals surface area (Å²) in [7, 11) is 0. The van der Waals surface area contributed by atoms with E-state index in [1.807, 2.05) is 6.08 Å². The van der Waals surface area contributed by atoms with Gasteiger partial charge in [-0.2, -0.15) is 18.3 Å². The topological polar surface area (TPSA) is 71.2 Å². The summed E-state index contributed by atoms with van der Waals surface area (Å²) in [6, 6.07) is 1.27. The van der Waals surface area contributed by atoms with Gasteiger partial charge in [-0.1, -0.05) is 17.7 Å². The Bertz CT molecular complexity index is 945. The Balaban J connectivity index is 1.82. The van der Waals surface area contributed by atoms with Gasteiger partial charge < -0.3 is 10.2 Å². The van der Waals surface area contributed by atoms with E-state index >= 15 is 0 Å². The quantitative estimate of drug-likeness (QED) is 0.765. The van der Waals surface area contributed by atoms with Gasteiger partial charge in [0.1, 0.15) is 5.52 Å². The number of nitrogens with zero attached hydrogens (tertiary/aromatic N) is 3. The van der Waals surface area contributed by atoms with Gasteiger partial charge in [0, 0.05) is 16.8 Å². The highest BCUT2D eigenvalue weighted by molar-refractivity contribution is 6.31. The summed E-state index contributed by atoms with van der Waals surface area (Å²) < 4.78 is 41.4. The SMILES string of the molecule is OC(O)c1cnc2c(C(F)(F)F)nn(CC3=C(Cl)C=CCC3C3CC3)c2c1. The Morgan fingerprint density at radius 3 is 2.67 bits per heavy atom. The number of fused-ring (bicyclic) bond motifs is 1. The Kier molecular flexibility index (Phi) is 4.52. The zero-order chi connectivity index (χ0) is 19.3. The molecule has 0 saturated heterocycles. The normalized spacial score (nSPS) is 20.9. The molecule has 2 aliphatic rings. The monoisotopic (exact) mass is 399 g/mol. The molecule has 0 amide bonds. The fourth-order valence-electron chi connectivity index (χ4n) is 3.60. The second kappa shape index (κ2) is 6.61. The van der Waals surface area contributed by atoms with Crippen molar-refractivity contribution in [2.45, 2.75) is 38.3 Å². The molecule has 2 aromatic rings. The van der Waals surface area contributed by atoms with E-state index in [1.165, 1.54) is 10.7 Å². The summed E-state index contributed by atoms with van der Waals surface area (Å²) in [6.07, 6.45) is 1.24. The molecule has 0 aromatic carbocycles. The lowest BCUT2D eigenvalue weighted by molar-refractivity contribution is -0.140. The zero-order valence-corrected chi connectivity index (χ0v) is 14.9. The van der Waals surface area contributed by atoms with Gasteiger partial charge >= 0.3 is 6.18 Å². The Hall–Kier alpha value is -1.90. The van der Waals surface area contributed by atoms with Crippen LogP contribution < -0.4 is 0 Å². The van der Waals surface area contributed by atoms with Crippen LogP contribution in [0.15, 0.2) is 35.0 Å². The number of hydrogen-bond donors (Lipinski definition) is 2. The number of alkyl halides is 3. The van der Waals surface area contributed by atoms with Crippen molar-refractivity contribution in [3.8, 4) is 0 Å². The lowest BCUT2D eigenvalue weighted by atomic mass is 9.87. The second-order valence-electron chi connectivity index (χ2n) is 6.97. The van der Waals surface area contributed by atoms with E-state index in [2.05, 4.69) is 10.1 Å². The molecule has 4 rings (SSSR count). The fraction of sp³-hybridized carbons (Fsp3) is 0.444. The maximum Gasteiger partial charge on any atom is 0.437 e. The van der Waals surface area contributed by atoms with Crippen molar-refractivity contribution in [2.75, 3.05) is 0 Å². The molecule has 5 nitrogen and oxygen atoms in total. The third-order valence-corrected chi connectivity index (χ3v) is 5.47. The van der Waals surface area contributed by atoms with Crippen LogP contribution in [0.5, 0.6) is 0 Å². The van der Waals surface area contributed by atoms with Gasteiger partial charge in [0.25, 0.3) is 0 Å². The highest BCUT2D eigenvalue weighted by Crippen LogP contribution is 2.46. The molecule has 1 unspecified atom stereocenters. The lowest BCUT2D eigenvalue weighted by Gasteiger charge is -2.23. The van der Waals surface area contributed by atoms with Crippen molar-refractivity contribution >= 4 is 22.6 Å². The second-order valence-corrected chi connectivity index (χ2v) is 7.38. The first-order valence-corrected chi connectivity index (χ1v) is 8.98. The van der Waals surface area contributed by atoms with Crippen LogP contribution in [-0.4, -0.2) is 25.0 Å². The van der Waals surface area contributed by atoms with Gasteiger partial charge in [0.05, 0.1) is 12.1 Å². The van der Waals surface area contributed by atoms with Gasteiger partial charge in [-0.3, -0.25) is 9.67 Å². The molecule has 0 aliphatic heterocycles. The first-order chi connectivity index (χ1) is 12.8. The summed E-state index contributed by atoms with van der Waals surface area (Å²) in [5.41, 5.74) is -0.469. The Labute approximate surface area is 157 Å². The van der Waals surface area contributed by atoms with E-state index in [0.29, 0.717) is 11.0 Å². The van der Waals surface area contributed by atoms with Crippen molar-refractivity contribution in [2.24, 2.45) is 11.8 Å². The van der Waals surface area contributed by atoms with Crippen molar-refractivity contribution in [1.29, 1.82) is 0 Å². The van der Waals surface area contributed by atoms with E-state index in [4.69, 9.17) is 11.6 Å². The van der Waals surface area contributed by atoms with Crippen LogP contribution in [0, 0.1) is 11.8 Å². The highest BCUT2D eigenvalue weighted by Gasteiger charge is 2.39. The van der Waals surface area contributed by atoms with Crippen molar-refractivity contribution in [3.63, 3.8) is 0 Å². The van der Waals surface area contributed by atoms with E-state index in [0.717, 1.165) is 31.0 Å². The minimum absolute atomic E-state index is 0.000246. The molecule has 144 valence electrons. The van der Waals surface area contributed by atoms with Gasteiger partial charge in [0.2, 0.25) is 0 Å². The first kappa shape index (κ1) is 18.5. The predicted octanol–water partition coefficient (Wildman–Crippen LogP) is 3.91. The molecule has 2 N–H and O–H groups in total. The molecule has 2 aromatic heterocycles. The highest BCUT2D eigenvalue weighted by atomic mass is 35.5. The van der Waals surface area contributed by atoms with Crippen LogP contribution >= 0.6 is 11.6 Å². The van der Waals surface area contributed by atoms with Crippen LogP contribution in [0.4, 0.5) is 13.2 Å². The largest absolute Gasteiger partial charge is 0.437 e. The molecule has 1 saturated carbocycles. The molecular formula is C18H17ClF3N3O2. The standard InChI is InChI=1S/C18H17ClF3N3O2/c19-13-3-1-2-11(9-4-5-9)12(13)8-25-14-6-10(17(26)27)7-23-15(14)16(24-25)18(20,21)22/h1,3,6-7,9,11,17,26-27H,2,4-5,8H2. The van der Waals surface area contributed by atoms with Crippen molar-refractivity contribution in [1.82, 2.24) is 14.8 Å². The average Bonchev–Trinajstić information content (AvgIpc) is 3.37. The maximum absolute atomic E-state index is 13.4. The Morgan fingerprint density at radius 1 is 1.30 bits per heavy atom. The molecule has 0 bridgehead atoms. The Morgan fingerprint density at radius 2 is 2.04 bits per heavy atom. The zero-order valence-electron chi connectivity index (χ0n) is 14.1. The fourth-order valence-corrected chi connectivity index (χ4v) is 3.89. The molecule has 9 heteroatoms. The third-order valence-electron chi connectivity index (χ3n) is 5.10. The van der Waals surface area contributed by atoms with E-state index < -0.39 is 18.2 Å². The molecule has 2 aliphatic carbocycles.